The monoisotopic (exact) mass is 262 g/mol. The van der Waals surface area contributed by atoms with Gasteiger partial charge in [0, 0.05) is 38.8 Å². The second-order valence-corrected chi connectivity index (χ2v) is 5.48. The molecule has 1 aromatic heterocycles. The summed E-state index contributed by atoms with van der Waals surface area (Å²) in [4.78, 5) is 9.31. The Morgan fingerprint density at radius 3 is 2.58 bits per heavy atom. The number of rotatable bonds is 5. The Morgan fingerprint density at radius 1 is 1.21 bits per heavy atom. The van der Waals surface area contributed by atoms with Crippen molar-refractivity contribution in [3.8, 4) is 0 Å². The minimum Gasteiger partial charge on any atom is -0.384 e. The molecule has 0 saturated carbocycles. The quantitative estimate of drug-likeness (QED) is 0.883. The first-order valence-electron chi connectivity index (χ1n) is 7.38. The second-order valence-electron chi connectivity index (χ2n) is 5.48. The summed E-state index contributed by atoms with van der Waals surface area (Å²) in [5, 5.41) is 3.40. The third-order valence-corrected chi connectivity index (χ3v) is 3.71. The fraction of sp³-hybridized carbons (Fsp3) is 0.667. The third-order valence-electron chi connectivity index (χ3n) is 3.71. The van der Waals surface area contributed by atoms with Crippen LogP contribution in [0.1, 0.15) is 27.2 Å². The summed E-state index contributed by atoms with van der Waals surface area (Å²) in [6.07, 6.45) is 5.02. The molecule has 0 radical (unpaired) electrons. The van der Waals surface area contributed by atoms with Gasteiger partial charge in [-0.1, -0.05) is 6.92 Å². The Morgan fingerprint density at radius 2 is 1.95 bits per heavy atom. The zero-order chi connectivity index (χ0) is 13.7. The summed E-state index contributed by atoms with van der Waals surface area (Å²) in [5.74, 6) is 0. The van der Waals surface area contributed by atoms with Crippen molar-refractivity contribution in [2.24, 2.45) is 0 Å². The number of aromatic nitrogens is 1. The highest BCUT2D eigenvalue weighted by molar-refractivity contribution is 5.55. The second kappa shape index (κ2) is 6.75. The normalized spacial score (nSPS) is 16.9. The van der Waals surface area contributed by atoms with E-state index in [4.69, 9.17) is 0 Å². The fourth-order valence-electron chi connectivity index (χ4n) is 2.46. The van der Waals surface area contributed by atoms with Crippen LogP contribution < -0.4 is 10.2 Å². The van der Waals surface area contributed by atoms with E-state index < -0.39 is 0 Å². The summed E-state index contributed by atoms with van der Waals surface area (Å²) >= 11 is 0. The zero-order valence-corrected chi connectivity index (χ0v) is 12.4. The molecular weight excluding hydrogens is 236 g/mol. The summed E-state index contributed by atoms with van der Waals surface area (Å²) in [7, 11) is 0. The summed E-state index contributed by atoms with van der Waals surface area (Å²) < 4.78 is 0. The van der Waals surface area contributed by atoms with Crippen molar-refractivity contribution >= 4 is 11.4 Å². The Balaban J connectivity index is 1.95. The molecule has 0 amide bonds. The van der Waals surface area contributed by atoms with Crippen LogP contribution in [0.3, 0.4) is 0 Å². The average Bonchev–Trinajstić information content (AvgIpc) is 2.45. The minimum absolute atomic E-state index is 0.651. The number of hydrogen-bond donors (Lipinski definition) is 1. The van der Waals surface area contributed by atoms with Crippen LogP contribution in [0.2, 0.25) is 0 Å². The number of pyridine rings is 1. The molecule has 1 saturated heterocycles. The van der Waals surface area contributed by atoms with Crippen LogP contribution >= 0.6 is 0 Å². The first kappa shape index (κ1) is 14.1. The van der Waals surface area contributed by atoms with Gasteiger partial charge in [0.15, 0.2) is 0 Å². The minimum atomic E-state index is 0.651. The maximum absolute atomic E-state index is 4.35. The van der Waals surface area contributed by atoms with E-state index in [1.165, 1.54) is 5.69 Å². The summed E-state index contributed by atoms with van der Waals surface area (Å²) in [6, 6.07) is 2.87. The van der Waals surface area contributed by atoms with E-state index in [0.717, 1.165) is 44.8 Å². The molecule has 1 aliphatic rings. The Hall–Kier alpha value is -1.29. The van der Waals surface area contributed by atoms with Gasteiger partial charge in [0.2, 0.25) is 0 Å². The Bertz CT molecular complexity index is 383. The van der Waals surface area contributed by atoms with E-state index in [9.17, 15) is 0 Å². The lowest BCUT2D eigenvalue weighted by molar-refractivity contribution is 0.209. The van der Waals surface area contributed by atoms with E-state index in [0.29, 0.717) is 6.04 Å². The van der Waals surface area contributed by atoms with E-state index in [-0.39, 0.29) is 0 Å². The van der Waals surface area contributed by atoms with Gasteiger partial charge in [-0.25, -0.2) is 0 Å². The molecule has 4 nitrogen and oxygen atoms in total. The first-order chi connectivity index (χ1) is 9.20. The highest BCUT2D eigenvalue weighted by atomic mass is 15.3. The number of hydrogen-bond acceptors (Lipinski definition) is 4. The van der Waals surface area contributed by atoms with E-state index in [1.54, 1.807) is 0 Å². The number of piperazine rings is 1. The smallest absolute Gasteiger partial charge is 0.0574 e. The van der Waals surface area contributed by atoms with E-state index in [1.807, 2.05) is 12.4 Å². The summed E-state index contributed by atoms with van der Waals surface area (Å²) in [6.45, 7) is 12.2. The predicted molar refractivity (Wildman–Crippen MR) is 81.9 cm³/mol. The van der Waals surface area contributed by atoms with E-state index >= 15 is 0 Å². The third kappa shape index (κ3) is 3.83. The first-order valence-corrected chi connectivity index (χ1v) is 7.38. The number of nitrogens with one attached hydrogen (secondary N) is 1. The highest BCUT2D eigenvalue weighted by Gasteiger charge is 2.19. The van der Waals surface area contributed by atoms with Gasteiger partial charge in [0.1, 0.15) is 0 Å². The lowest BCUT2D eigenvalue weighted by Gasteiger charge is -2.38. The van der Waals surface area contributed by atoms with Crippen molar-refractivity contribution in [2.75, 3.05) is 42.9 Å². The number of anilines is 2. The molecule has 2 rings (SSSR count). The molecule has 1 aromatic rings. The molecule has 2 heterocycles. The molecule has 106 valence electrons. The van der Waals surface area contributed by atoms with Crippen molar-refractivity contribution in [3.05, 3.63) is 18.5 Å². The lowest BCUT2D eigenvalue weighted by Crippen LogP contribution is -2.48. The Labute approximate surface area is 116 Å². The van der Waals surface area contributed by atoms with Crippen LogP contribution in [-0.2, 0) is 0 Å². The topological polar surface area (TPSA) is 31.4 Å². The van der Waals surface area contributed by atoms with Crippen molar-refractivity contribution in [3.63, 3.8) is 0 Å². The molecule has 0 atom stereocenters. The molecule has 0 bridgehead atoms. The fourth-order valence-corrected chi connectivity index (χ4v) is 2.46. The Kier molecular flexibility index (Phi) is 5.02. The molecule has 1 fully saturated rings. The largest absolute Gasteiger partial charge is 0.384 e. The van der Waals surface area contributed by atoms with Crippen LogP contribution in [0, 0.1) is 0 Å². The van der Waals surface area contributed by atoms with Gasteiger partial charge >= 0.3 is 0 Å². The molecule has 19 heavy (non-hydrogen) atoms. The average molecular weight is 262 g/mol. The van der Waals surface area contributed by atoms with Gasteiger partial charge in [-0.05, 0) is 26.3 Å². The predicted octanol–water partition coefficient (Wildman–Crippen LogP) is 2.43. The van der Waals surface area contributed by atoms with Crippen molar-refractivity contribution in [1.29, 1.82) is 0 Å². The molecule has 0 aliphatic carbocycles. The molecule has 0 unspecified atom stereocenters. The van der Waals surface area contributed by atoms with Gasteiger partial charge in [-0.2, -0.15) is 0 Å². The molecule has 1 aliphatic heterocycles. The van der Waals surface area contributed by atoms with Crippen LogP contribution in [0.4, 0.5) is 11.4 Å². The summed E-state index contributed by atoms with van der Waals surface area (Å²) in [5.41, 5.74) is 2.37. The molecule has 0 spiro atoms. The lowest BCUT2D eigenvalue weighted by atomic mass is 10.2. The molecule has 1 N–H and O–H groups in total. The number of nitrogens with zero attached hydrogens (tertiary/aromatic N) is 3. The van der Waals surface area contributed by atoms with Gasteiger partial charge in [-0.3, -0.25) is 9.88 Å². The van der Waals surface area contributed by atoms with Gasteiger partial charge in [-0.15, -0.1) is 0 Å². The van der Waals surface area contributed by atoms with Crippen molar-refractivity contribution in [2.45, 2.75) is 33.2 Å². The standard InChI is InChI=1S/C15H26N4/c1-4-5-17-14-10-15(12-16-11-14)19-8-6-18(7-9-19)13(2)3/h10-13,17H,4-9H2,1-3H3. The SMILES string of the molecule is CCCNc1cncc(N2CCN(C(C)C)CC2)c1. The maximum atomic E-state index is 4.35. The molecular formula is C15H26N4. The van der Waals surface area contributed by atoms with Crippen LogP contribution in [-0.4, -0.2) is 48.6 Å². The van der Waals surface area contributed by atoms with Crippen LogP contribution in [0.15, 0.2) is 18.5 Å². The van der Waals surface area contributed by atoms with Crippen LogP contribution in [0.5, 0.6) is 0 Å². The zero-order valence-electron chi connectivity index (χ0n) is 12.4. The molecule has 0 aromatic carbocycles. The van der Waals surface area contributed by atoms with Crippen molar-refractivity contribution in [1.82, 2.24) is 9.88 Å². The maximum Gasteiger partial charge on any atom is 0.0574 e. The van der Waals surface area contributed by atoms with Crippen LogP contribution in [0.25, 0.3) is 0 Å². The van der Waals surface area contributed by atoms with Gasteiger partial charge in [0.05, 0.1) is 23.8 Å². The highest BCUT2D eigenvalue weighted by Crippen LogP contribution is 2.19. The van der Waals surface area contributed by atoms with Gasteiger partial charge in [0.25, 0.3) is 0 Å². The van der Waals surface area contributed by atoms with E-state index in [2.05, 4.69) is 46.9 Å². The van der Waals surface area contributed by atoms with Crippen molar-refractivity contribution < 1.29 is 0 Å². The van der Waals surface area contributed by atoms with Gasteiger partial charge < -0.3 is 10.2 Å². The molecule has 4 heteroatoms.